The third-order valence-electron chi connectivity index (χ3n) is 3.33. The molecule has 2 rings (SSSR count). The molecule has 20 heavy (non-hydrogen) atoms. The predicted molar refractivity (Wildman–Crippen MR) is 78.5 cm³/mol. The summed E-state index contributed by atoms with van der Waals surface area (Å²) in [6.07, 6.45) is 0.217. The molecule has 0 radical (unpaired) electrons. The van der Waals surface area contributed by atoms with Crippen molar-refractivity contribution < 1.29 is 14.4 Å². The van der Waals surface area contributed by atoms with Gasteiger partial charge in [0, 0.05) is 30.0 Å². The van der Waals surface area contributed by atoms with Gasteiger partial charge in [-0.05, 0) is 25.1 Å². The van der Waals surface area contributed by atoms with E-state index in [-0.39, 0.29) is 29.9 Å². The first-order chi connectivity index (χ1) is 9.38. The zero-order valence-corrected chi connectivity index (χ0v) is 12.9. The fraction of sp³-hybridized carbons (Fsp3) is 0.357. The summed E-state index contributed by atoms with van der Waals surface area (Å²) in [6, 6.07) is 5.11. The van der Waals surface area contributed by atoms with E-state index in [2.05, 4.69) is 21.2 Å². The molecule has 1 atom stereocenters. The summed E-state index contributed by atoms with van der Waals surface area (Å²) < 4.78 is 0.775. The molecular weight excluding hydrogens is 324 g/mol. The van der Waals surface area contributed by atoms with Crippen molar-refractivity contribution >= 4 is 39.2 Å². The minimum Gasteiger partial charge on any atom is -0.345 e. The Labute approximate surface area is 125 Å². The van der Waals surface area contributed by atoms with Crippen LogP contribution in [0, 0.1) is 5.92 Å². The monoisotopic (exact) mass is 338 g/mol. The van der Waals surface area contributed by atoms with E-state index in [1.807, 2.05) is 0 Å². The van der Waals surface area contributed by atoms with E-state index in [0.29, 0.717) is 17.8 Å². The Morgan fingerprint density at radius 1 is 1.40 bits per heavy atom. The Morgan fingerprint density at radius 3 is 2.65 bits per heavy atom. The van der Waals surface area contributed by atoms with Crippen LogP contribution in [0.2, 0.25) is 0 Å². The van der Waals surface area contributed by atoms with Gasteiger partial charge in [-0.3, -0.25) is 14.4 Å². The SMILES string of the molecule is CC(=O)c1cc(Br)ccc1NC(=O)[C@@H]1CC(=O)N(C)C1. The molecule has 1 aromatic carbocycles. The number of nitrogens with one attached hydrogen (secondary N) is 1. The van der Waals surface area contributed by atoms with Crippen molar-refractivity contribution in [2.45, 2.75) is 13.3 Å². The molecule has 106 valence electrons. The fourth-order valence-corrected chi connectivity index (χ4v) is 2.55. The summed E-state index contributed by atoms with van der Waals surface area (Å²) in [5, 5.41) is 2.74. The number of anilines is 1. The van der Waals surface area contributed by atoms with Crippen molar-refractivity contribution in [3.05, 3.63) is 28.2 Å². The highest BCUT2D eigenvalue weighted by Gasteiger charge is 2.32. The Kier molecular flexibility index (Phi) is 4.23. The van der Waals surface area contributed by atoms with Crippen LogP contribution in [0.15, 0.2) is 22.7 Å². The van der Waals surface area contributed by atoms with Crippen molar-refractivity contribution in [1.29, 1.82) is 0 Å². The van der Waals surface area contributed by atoms with Crippen LogP contribution in [0.1, 0.15) is 23.7 Å². The third-order valence-corrected chi connectivity index (χ3v) is 3.82. The van der Waals surface area contributed by atoms with Gasteiger partial charge in [-0.25, -0.2) is 0 Å². The number of nitrogens with zero attached hydrogens (tertiary/aromatic N) is 1. The fourth-order valence-electron chi connectivity index (χ4n) is 2.19. The second-order valence-electron chi connectivity index (χ2n) is 4.91. The number of halogens is 1. The average Bonchev–Trinajstić information content (AvgIpc) is 2.71. The van der Waals surface area contributed by atoms with Gasteiger partial charge in [-0.2, -0.15) is 0 Å². The lowest BCUT2D eigenvalue weighted by Gasteiger charge is -2.13. The number of benzene rings is 1. The maximum absolute atomic E-state index is 12.2. The molecule has 1 saturated heterocycles. The average molecular weight is 339 g/mol. The Bertz CT molecular complexity index is 586. The van der Waals surface area contributed by atoms with Gasteiger partial charge >= 0.3 is 0 Å². The summed E-state index contributed by atoms with van der Waals surface area (Å²) in [5.74, 6) is -0.752. The van der Waals surface area contributed by atoms with Crippen LogP contribution < -0.4 is 5.32 Å². The zero-order valence-electron chi connectivity index (χ0n) is 11.3. The van der Waals surface area contributed by atoms with Crippen LogP contribution in [-0.2, 0) is 9.59 Å². The molecule has 0 unspecified atom stereocenters. The molecule has 1 aliphatic heterocycles. The first-order valence-corrected chi connectivity index (χ1v) is 7.03. The Balaban J connectivity index is 2.16. The van der Waals surface area contributed by atoms with Gasteiger partial charge < -0.3 is 10.2 Å². The highest BCUT2D eigenvalue weighted by molar-refractivity contribution is 9.10. The molecule has 6 heteroatoms. The summed E-state index contributed by atoms with van der Waals surface area (Å²) in [6.45, 7) is 1.86. The second kappa shape index (κ2) is 5.75. The van der Waals surface area contributed by atoms with Gasteiger partial charge in [0.1, 0.15) is 0 Å². The summed E-state index contributed by atoms with van der Waals surface area (Å²) in [5.41, 5.74) is 0.929. The molecule has 0 spiro atoms. The Hall–Kier alpha value is -1.69. The Morgan fingerprint density at radius 2 is 2.10 bits per heavy atom. The highest BCUT2D eigenvalue weighted by atomic mass is 79.9. The van der Waals surface area contributed by atoms with Crippen molar-refractivity contribution in [3.8, 4) is 0 Å². The van der Waals surface area contributed by atoms with Gasteiger partial charge in [0.2, 0.25) is 11.8 Å². The molecule has 2 amide bonds. The first-order valence-electron chi connectivity index (χ1n) is 6.24. The number of hydrogen-bond acceptors (Lipinski definition) is 3. The topological polar surface area (TPSA) is 66.5 Å². The van der Waals surface area contributed by atoms with Crippen molar-refractivity contribution in [3.63, 3.8) is 0 Å². The lowest BCUT2D eigenvalue weighted by atomic mass is 10.1. The van der Waals surface area contributed by atoms with E-state index in [0.717, 1.165) is 4.47 Å². The van der Waals surface area contributed by atoms with Crippen molar-refractivity contribution in [1.82, 2.24) is 4.90 Å². The molecule has 5 nitrogen and oxygen atoms in total. The molecule has 1 aliphatic rings. The number of amides is 2. The maximum atomic E-state index is 12.2. The van der Waals surface area contributed by atoms with E-state index < -0.39 is 0 Å². The van der Waals surface area contributed by atoms with E-state index >= 15 is 0 Å². The zero-order chi connectivity index (χ0) is 14.9. The van der Waals surface area contributed by atoms with Crippen molar-refractivity contribution in [2.75, 3.05) is 18.9 Å². The van der Waals surface area contributed by atoms with Crippen LogP contribution in [0.4, 0.5) is 5.69 Å². The van der Waals surface area contributed by atoms with Crippen LogP contribution in [-0.4, -0.2) is 36.1 Å². The molecule has 1 fully saturated rings. The lowest BCUT2D eigenvalue weighted by molar-refractivity contribution is -0.127. The van der Waals surface area contributed by atoms with Gasteiger partial charge in [-0.15, -0.1) is 0 Å². The number of carbonyl (C=O) groups is 3. The number of carbonyl (C=O) groups excluding carboxylic acids is 3. The summed E-state index contributed by atoms with van der Waals surface area (Å²) in [7, 11) is 1.68. The lowest BCUT2D eigenvalue weighted by Crippen LogP contribution is -2.26. The summed E-state index contributed by atoms with van der Waals surface area (Å²) >= 11 is 3.30. The van der Waals surface area contributed by atoms with E-state index in [1.54, 1.807) is 25.2 Å². The van der Waals surface area contributed by atoms with Gasteiger partial charge in [0.05, 0.1) is 11.6 Å². The summed E-state index contributed by atoms with van der Waals surface area (Å²) in [4.78, 5) is 36.7. The minimum atomic E-state index is -0.365. The molecule has 0 saturated carbocycles. The number of likely N-dealkylation sites (tertiary alicyclic amines) is 1. The minimum absolute atomic E-state index is 0.0345. The molecule has 0 bridgehead atoms. The van der Waals surface area contributed by atoms with Gasteiger partial charge in [-0.1, -0.05) is 15.9 Å². The van der Waals surface area contributed by atoms with Crippen LogP contribution in [0.25, 0.3) is 0 Å². The normalized spacial score (nSPS) is 18.2. The quantitative estimate of drug-likeness (QED) is 0.858. The van der Waals surface area contributed by atoms with E-state index in [4.69, 9.17) is 0 Å². The number of rotatable bonds is 3. The molecular formula is C14H15BrN2O3. The molecule has 0 aromatic heterocycles. The highest BCUT2D eigenvalue weighted by Crippen LogP contribution is 2.24. The van der Waals surface area contributed by atoms with Crippen LogP contribution in [0.5, 0.6) is 0 Å². The first kappa shape index (κ1) is 14.7. The second-order valence-corrected chi connectivity index (χ2v) is 5.83. The number of Topliss-reactive ketones (excluding diaryl/α,β-unsaturated/α-hetero) is 1. The van der Waals surface area contributed by atoms with Crippen LogP contribution >= 0.6 is 15.9 Å². The maximum Gasteiger partial charge on any atom is 0.229 e. The largest absolute Gasteiger partial charge is 0.345 e. The smallest absolute Gasteiger partial charge is 0.229 e. The standard InChI is InChI=1S/C14H15BrN2O3/c1-8(18)11-6-10(15)3-4-12(11)16-14(20)9-5-13(19)17(2)7-9/h3-4,6,9H,5,7H2,1-2H3,(H,16,20)/t9-/m1/s1. The van der Waals surface area contributed by atoms with Crippen molar-refractivity contribution in [2.24, 2.45) is 5.92 Å². The molecule has 1 N–H and O–H groups in total. The number of ketones is 1. The molecule has 1 aromatic rings. The number of hydrogen-bond donors (Lipinski definition) is 1. The molecule has 1 heterocycles. The van der Waals surface area contributed by atoms with Gasteiger partial charge in [0.25, 0.3) is 0 Å². The predicted octanol–water partition coefficient (Wildman–Crippen LogP) is 2.07. The van der Waals surface area contributed by atoms with Crippen LogP contribution in [0.3, 0.4) is 0 Å². The van der Waals surface area contributed by atoms with E-state index in [1.165, 1.54) is 11.8 Å². The molecule has 0 aliphatic carbocycles. The third kappa shape index (κ3) is 3.07. The van der Waals surface area contributed by atoms with Gasteiger partial charge in [0.15, 0.2) is 5.78 Å². The van der Waals surface area contributed by atoms with E-state index in [9.17, 15) is 14.4 Å².